The molecule has 1 aromatic carbocycles. The van der Waals surface area contributed by atoms with Crippen molar-refractivity contribution in [3.8, 4) is 5.75 Å². The van der Waals surface area contributed by atoms with Crippen LogP contribution in [0.5, 0.6) is 5.75 Å². The fourth-order valence-electron chi connectivity index (χ4n) is 2.54. The van der Waals surface area contributed by atoms with E-state index in [4.69, 9.17) is 4.74 Å². The second-order valence-corrected chi connectivity index (χ2v) is 6.03. The van der Waals surface area contributed by atoms with E-state index in [2.05, 4.69) is 30.4 Å². The van der Waals surface area contributed by atoms with Crippen LogP contribution in [0.25, 0.3) is 0 Å². The minimum atomic E-state index is 0.526. The van der Waals surface area contributed by atoms with Crippen molar-refractivity contribution in [2.45, 2.75) is 32.2 Å². The van der Waals surface area contributed by atoms with Gasteiger partial charge in [-0.1, -0.05) is 13.0 Å². The number of benzene rings is 1. The van der Waals surface area contributed by atoms with Gasteiger partial charge >= 0.3 is 0 Å². The fourth-order valence-corrected chi connectivity index (χ4v) is 3.03. The largest absolute Gasteiger partial charge is 0.493 e. The van der Waals surface area contributed by atoms with Crippen molar-refractivity contribution in [3.05, 3.63) is 29.3 Å². The van der Waals surface area contributed by atoms with Gasteiger partial charge in [-0.15, -0.1) is 0 Å². The van der Waals surface area contributed by atoms with Crippen molar-refractivity contribution in [2.75, 3.05) is 25.2 Å². The molecule has 3 heteroatoms. The summed E-state index contributed by atoms with van der Waals surface area (Å²) in [7, 11) is 2.05. The summed E-state index contributed by atoms with van der Waals surface area (Å²) in [5, 5.41) is 3.40. The van der Waals surface area contributed by atoms with E-state index in [0.29, 0.717) is 6.04 Å². The topological polar surface area (TPSA) is 21.3 Å². The van der Waals surface area contributed by atoms with E-state index < -0.39 is 0 Å². The average Bonchev–Trinajstić information content (AvgIpc) is 2.42. The van der Waals surface area contributed by atoms with E-state index in [1.807, 2.05) is 18.8 Å². The Kier molecular flexibility index (Phi) is 5.39. The van der Waals surface area contributed by atoms with Crippen LogP contribution in [-0.4, -0.2) is 25.2 Å². The molecular formula is C15H23NOS. The van der Waals surface area contributed by atoms with Gasteiger partial charge in [0.25, 0.3) is 0 Å². The van der Waals surface area contributed by atoms with Crippen molar-refractivity contribution in [3.63, 3.8) is 0 Å². The first-order valence-electron chi connectivity index (χ1n) is 6.85. The summed E-state index contributed by atoms with van der Waals surface area (Å²) in [4.78, 5) is 0. The molecule has 1 N–H and O–H groups in total. The zero-order valence-corrected chi connectivity index (χ0v) is 12.2. The molecule has 1 atom stereocenters. The molecule has 100 valence electrons. The lowest BCUT2D eigenvalue weighted by atomic mass is 9.87. The van der Waals surface area contributed by atoms with Gasteiger partial charge < -0.3 is 10.1 Å². The van der Waals surface area contributed by atoms with Crippen molar-refractivity contribution in [1.29, 1.82) is 0 Å². The number of hydrogen-bond acceptors (Lipinski definition) is 3. The van der Waals surface area contributed by atoms with E-state index >= 15 is 0 Å². The summed E-state index contributed by atoms with van der Waals surface area (Å²) in [5.74, 6) is 3.27. The number of fused-ring (bicyclic) bond motifs is 1. The van der Waals surface area contributed by atoms with E-state index in [9.17, 15) is 0 Å². The van der Waals surface area contributed by atoms with E-state index in [0.717, 1.165) is 23.9 Å². The maximum absolute atomic E-state index is 5.80. The third-order valence-electron chi connectivity index (χ3n) is 3.48. The smallest absolute Gasteiger partial charge is 0.119 e. The van der Waals surface area contributed by atoms with E-state index in [1.54, 1.807) is 0 Å². The maximum atomic E-state index is 5.80. The molecule has 1 unspecified atom stereocenters. The van der Waals surface area contributed by atoms with Gasteiger partial charge in [-0.25, -0.2) is 0 Å². The first kappa shape index (κ1) is 13.8. The molecule has 0 fully saturated rings. The minimum Gasteiger partial charge on any atom is -0.493 e. The van der Waals surface area contributed by atoms with Gasteiger partial charge in [0.1, 0.15) is 5.75 Å². The van der Waals surface area contributed by atoms with Gasteiger partial charge in [0.15, 0.2) is 0 Å². The Labute approximate surface area is 114 Å². The highest BCUT2D eigenvalue weighted by molar-refractivity contribution is 7.99. The van der Waals surface area contributed by atoms with Crippen LogP contribution < -0.4 is 10.1 Å². The quantitative estimate of drug-likeness (QED) is 0.796. The molecule has 0 saturated carbocycles. The third-order valence-corrected chi connectivity index (χ3v) is 4.34. The van der Waals surface area contributed by atoms with Crippen molar-refractivity contribution in [1.82, 2.24) is 5.32 Å². The predicted octanol–water partition coefficient (Wildman–Crippen LogP) is 3.42. The van der Waals surface area contributed by atoms with Crippen LogP contribution in [0.4, 0.5) is 0 Å². The van der Waals surface area contributed by atoms with Crippen molar-refractivity contribution >= 4 is 11.8 Å². The van der Waals surface area contributed by atoms with Gasteiger partial charge in [-0.05, 0) is 55.3 Å². The second kappa shape index (κ2) is 7.05. The standard InChI is InChI=1S/C15H23NOS/c1-3-18-10-9-17-13-7-8-14-12(11-13)5-4-6-15(14)16-2/h7-8,11,15-16H,3-6,9-10H2,1-2H3. The van der Waals surface area contributed by atoms with Crippen LogP contribution in [0.2, 0.25) is 0 Å². The highest BCUT2D eigenvalue weighted by Gasteiger charge is 2.18. The van der Waals surface area contributed by atoms with Crippen LogP contribution in [0, 0.1) is 0 Å². The Morgan fingerprint density at radius 2 is 2.33 bits per heavy atom. The van der Waals surface area contributed by atoms with Crippen LogP contribution >= 0.6 is 11.8 Å². The molecule has 2 nitrogen and oxygen atoms in total. The third kappa shape index (κ3) is 3.42. The molecule has 0 spiro atoms. The number of thioether (sulfide) groups is 1. The van der Waals surface area contributed by atoms with Gasteiger partial charge in [-0.2, -0.15) is 11.8 Å². The summed E-state index contributed by atoms with van der Waals surface area (Å²) in [6.07, 6.45) is 3.71. The highest BCUT2D eigenvalue weighted by atomic mass is 32.2. The highest BCUT2D eigenvalue weighted by Crippen LogP contribution is 2.31. The molecular weight excluding hydrogens is 242 g/mol. The minimum absolute atomic E-state index is 0.526. The molecule has 0 bridgehead atoms. The first-order valence-corrected chi connectivity index (χ1v) is 8.01. The monoisotopic (exact) mass is 265 g/mol. The Hall–Kier alpha value is -0.670. The lowest BCUT2D eigenvalue weighted by Gasteiger charge is -2.25. The zero-order chi connectivity index (χ0) is 12.8. The molecule has 18 heavy (non-hydrogen) atoms. The Balaban J connectivity index is 1.98. The number of nitrogens with one attached hydrogen (secondary N) is 1. The van der Waals surface area contributed by atoms with Crippen molar-refractivity contribution < 1.29 is 4.74 Å². The second-order valence-electron chi connectivity index (χ2n) is 4.64. The van der Waals surface area contributed by atoms with Crippen LogP contribution in [0.1, 0.15) is 36.9 Å². The van der Waals surface area contributed by atoms with Gasteiger partial charge in [0.2, 0.25) is 0 Å². The molecule has 0 saturated heterocycles. The summed E-state index contributed by atoms with van der Waals surface area (Å²) in [6, 6.07) is 7.11. The van der Waals surface area contributed by atoms with E-state index in [1.165, 1.54) is 30.4 Å². The molecule has 0 aliphatic heterocycles. The number of ether oxygens (including phenoxy) is 1. The number of hydrogen-bond donors (Lipinski definition) is 1. The predicted molar refractivity (Wildman–Crippen MR) is 79.7 cm³/mol. The number of aryl methyl sites for hydroxylation is 1. The van der Waals surface area contributed by atoms with Crippen LogP contribution in [-0.2, 0) is 6.42 Å². The molecule has 0 heterocycles. The molecule has 1 aliphatic rings. The lowest BCUT2D eigenvalue weighted by Crippen LogP contribution is -2.21. The summed E-state index contributed by atoms with van der Waals surface area (Å²) in [6.45, 7) is 2.99. The Morgan fingerprint density at radius 3 is 3.11 bits per heavy atom. The fraction of sp³-hybridized carbons (Fsp3) is 0.600. The van der Waals surface area contributed by atoms with Gasteiger partial charge in [0.05, 0.1) is 6.61 Å². The first-order chi connectivity index (χ1) is 8.85. The molecule has 0 radical (unpaired) electrons. The van der Waals surface area contributed by atoms with Gasteiger partial charge in [0, 0.05) is 11.8 Å². The normalized spacial score (nSPS) is 18.4. The number of rotatable bonds is 6. The Bertz CT molecular complexity index is 381. The zero-order valence-electron chi connectivity index (χ0n) is 11.4. The maximum Gasteiger partial charge on any atom is 0.119 e. The summed E-state index contributed by atoms with van der Waals surface area (Å²) < 4.78 is 5.80. The lowest BCUT2D eigenvalue weighted by molar-refractivity contribution is 0.342. The van der Waals surface area contributed by atoms with Crippen molar-refractivity contribution in [2.24, 2.45) is 0 Å². The van der Waals surface area contributed by atoms with E-state index in [-0.39, 0.29) is 0 Å². The molecule has 1 aliphatic carbocycles. The van der Waals surface area contributed by atoms with Crippen LogP contribution in [0.3, 0.4) is 0 Å². The SMILES string of the molecule is CCSCCOc1ccc2c(c1)CCCC2NC. The molecule has 0 aromatic heterocycles. The Morgan fingerprint density at radius 1 is 1.44 bits per heavy atom. The average molecular weight is 265 g/mol. The summed E-state index contributed by atoms with van der Waals surface area (Å²) >= 11 is 1.93. The van der Waals surface area contributed by atoms with Gasteiger partial charge in [-0.3, -0.25) is 0 Å². The molecule has 1 aromatic rings. The summed E-state index contributed by atoms with van der Waals surface area (Å²) in [5.41, 5.74) is 2.92. The van der Waals surface area contributed by atoms with Crippen LogP contribution in [0.15, 0.2) is 18.2 Å². The molecule has 2 rings (SSSR count). The molecule has 0 amide bonds.